The van der Waals surface area contributed by atoms with Crippen LogP contribution in [0.25, 0.3) is 0 Å². The number of rotatable bonds is 8. The summed E-state index contributed by atoms with van der Waals surface area (Å²) in [6, 6.07) is 13.4. The molecule has 0 fully saturated rings. The predicted octanol–water partition coefficient (Wildman–Crippen LogP) is 2.61. The number of carbonyl (C=O) groups is 1. The number of aliphatic hydroxyl groups is 1. The van der Waals surface area contributed by atoms with E-state index in [1.165, 1.54) is 6.92 Å². The highest BCUT2D eigenvalue weighted by atomic mass is 79.9. The SMILES string of the molecule is CC(=O)Nc1ccc(OC[C@@H](O)CN(c2ccc(Br)cc2)S(C)(=O)=O)cc1. The van der Waals surface area contributed by atoms with Crippen LogP contribution in [0.3, 0.4) is 0 Å². The zero-order valence-corrected chi connectivity index (χ0v) is 17.3. The standard InChI is InChI=1S/C18H21BrN2O5S/c1-13(22)20-15-5-9-18(10-6-15)26-12-17(23)11-21(27(2,24)25)16-7-3-14(19)4-8-16/h3-10,17,23H,11-12H2,1-2H3,(H,20,22)/t17-/m0/s1. The molecule has 0 heterocycles. The second kappa shape index (κ2) is 9.20. The van der Waals surface area contributed by atoms with Gasteiger partial charge in [0.2, 0.25) is 15.9 Å². The number of halogens is 1. The molecule has 0 saturated heterocycles. The Balaban J connectivity index is 1.98. The number of aliphatic hydroxyl groups excluding tert-OH is 1. The molecule has 146 valence electrons. The molecule has 1 amide bonds. The van der Waals surface area contributed by atoms with Crippen LogP contribution >= 0.6 is 15.9 Å². The van der Waals surface area contributed by atoms with Crippen LogP contribution in [0.15, 0.2) is 53.0 Å². The first kappa shape index (κ1) is 21.2. The fraction of sp³-hybridized carbons (Fsp3) is 0.278. The normalized spacial score (nSPS) is 12.3. The molecule has 0 radical (unpaired) electrons. The van der Waals surface area contributed by atoms with Gasteiger partial charge in [0.05, 0.1) is 18.5 Å². The lowest BCUT2D eigenvalue weighted by molar-refractivity contribution is -0.114. The van der Waals surface area contributed by atoms with Crippen molar-refractivity contribution >= 4 is 43.2 Å². The van der Waals surface area contributed by atoms with Gasteiger partial charge in [-0.1, -0.05) is 15.9 Å². The first-order chi connectivity index (χ1) is 12.6. The largest absolute Gasteiger partial charge is 0.491 e. The minimum Gasteiger partial charge on any atom is -0.491 e. The summed E-state index contributed by atoms with van der Waals surface area (Å²) in [6.07, 6.45) is 0.0574. The smallest absolute Gasteiger partial charge is 0.232 e. The van der Waals surface area contributed by atoms with Gasteiger partial charge in [0.25, 0.3) is 0 Å². The van der Waals surface area contributed by atoms with E-state index in [4.69, 9.17) is 4.74 Å². The summed E-state index contributed by atoms with van der Waals surface area (Å²) in [6.45, 7) is 1.20. The Morgan fingerprint density at radius 2 is 1.78 bits per heavy atom. The quantitative estimate of drug-likeness (QED) is 0.636. The minimum absolute atomic E-state index is 0.0813. The molecule has 1 atom stereocenters. The Labute approximate surface area is 167 Å². The molecule has 0 aromatic heterocycles. The predicted molar refractivity (Wildman–Crippen MR) is 109 cm³/mol. The van der Waals surface area contributed by atoms with Crippen LogP contribution in [0.5, 0.6) is 5.75 Å². The number of sulfonamides is 1. The summed E-state index contributed by atoms with van der Waals surface area (Å²) in [5.41, 5.74) is 1.09. The minimum atomic E-state index is -3.56. The van der Waals surface area contributed by atoms with Crippen LogP contribution < -0.4 is 14.4 Å². The molecular formula is C18H21BrN2O5S. The van der Waals surface area contributed by atoms with Gasteiger partial charge in [-0.15, -0.1) is 0 Å². The zero-order chi connectivity index (χ0) is 20.0. The third-order valence-corrected chi connectivity index (χ3v) is 5.20. The monoisotopic (exact) mass is 456 g/mol. The van der Waals surface area contributed by atoms with Crippen LogP contribution in [-0.4, -0.2) is 44.9 Å². The Hall–Kier alpha value is -2.10. The molecule has 9 heteroatoms. The fourth-order valence-electron chi connectivity index (χ4n) is 2.31. The molecule has 27 heavy (non-hydrogen) atoms. The summed E-state index contributed by atoms with van der Waals surface area (Å²) in [5.74, 6) is 0.325. The Morgan fingerprint density at radius 1 is 1.19 bits per heavy atom. The van der Waals surface area contributed by atoms with E-state index in [1.54, 1.807) is 48.5 Å². The Bertz CT molecular complexity index is 870. The summed E-state index contributed by atoms with van der Waals surface area (Å²) in [4.78, 5) is 11.0. The van der Waals surface area contributed by atoms with Gasteiger partial charge in [-0.2, -0.15) is 0 Å². The zero-order valence-electron chi connectivity index (χ0n) is 14.9. The van der Waals surface area contributed by atoms with Crippen molar-refractivity contribution in [1.82, 2.24) is 0 Å². The van der Waals surface area contributed by atoms with Crippen molar-refractivity contribution in [2.75, 3.05) is 29.0 Å². The van der Waals surface area contributed by atoms with E-state index in [0.717, 1.165) is 15.0 Å². The van der Waals surface area contributed by atoms with Gasteiger partial charge in [-0.05, 0) is 48.5 Å². The van der Waals surface area contributed by atoms with Crippen molar-refractivity contribution in [3.8, 4) is 5.75 Å². The molecule has 0 aliphatic heterocycles. The molecule has 2 N–H and O–H groups in total. The van der Waals surface area contributed by atoms with Crippen molar-refractivity contribution < 1.29 is 23.1 Å². The number of hydrogen-bond donors (Lipinski definition) is 2. The maximum absolute atomic E-state index is 12.1. The molecule has 0 aliphatic rings. The van der Waals surface area contributed by atoms with E-state index >= 15 is 0 Å². The Morgan fingerprint density at radius 3 is 2.30 bits per heavy atom. The highest BCUT2D eigenvalue weighted by molar-refractivity contribution is 9.10. The van der Waals surface area contributed by atoms with Crippen LogP contribution in [0.2, 0.25) is 0 Å². The highest BCUT2D eigenvalue weighted by Gasteiger charge is 2.21. The van der Waals surface area contributed by atoms with Gasteiger partial charge in [0.15, 0.2) is 0 Å². The Kier molecular flexibility index (Phi) is 7.23. The number of ether oxygens (including phenoxy) is 1. The van der Waals surface area contributed by atoms with E-state index < -0.39 is 16.1 Å². The van der Waals surface area contributed by atoms with Gasteiger partial charge in [-0.25, -0.2) is 8.42 Å². The lowest BCUT2D eigenvalue weighted by Gasteiger charge is -2.25. The summed E-state index contributed by atoms with van der Waals surface area (Å²) in [5, 5.41) is 12.9. The van der Waals surface area contributed by atoms with Crippen molar-refractivity contribution in [2.45, 2.75) is 13.0 Å². The van der Waals surface area contributed by atoms with E-state index in [-0.39, 0.29) is 19.1 Å². The molecule has 7 nitrogen and oxygen atoms in total. The molecule has 0 saturated carbocycles. The third kappa shape index (κ3) is 6.85. The first-order valence-electron chi connectivity index (χ1n) is 8.07. The average Bonchev–Trinajstić information content (AvgIpc) is 2.58. The number of carbonyl (C=O) groups excluding carboxylic acids is 1. The van der Waals surface area contributed by atoms with Gasteiger partial charge in [0, 0.05) is 17.1 Å². The van der Waals surface area contributed by atoms with Crippen molar-refractivity contribution in [3.63, 3.8) is 0 Å². The molecule has 0 spiro atoms. The maximum atomic E-state index is 12.1. The highest BCUT2D eigenvalue weighted by Crippen LogP contribution is 2.21. The number of amides is 1. The molecule has 2 aromatic rings. The van der Waals surface area contributed by atoms with Crippen LogP contribution in [0, 0.1) is 0 Å². The molecule has 0 bridgehead atoms. The summed E-state index contributed by atoms with van der Waals surface area (Å²) in [7, 11) is -3.56. The summed E-state index contributed by atoms with van der Waals surface area (Å²) < 4.78 is 31.6. The number of benzene rings is 2. The molecular weight excluding hydrogens is 436 g/mol. The number of nitrogens with zero attached hydrogens (tertiary/aromatic N) is 1. The van der Waals surface area contributed by atoms with E-state index in [0.29, 0.717) is 17.1 Å². The molecule has 2 aromatic carbocycles. The van der Waals surface area contributed by atoms with Gasteiger partial charge in [-0.3, -0.25) is 9.10 Å². The third-order valence-electron chi connectivity index (χ3n) is 3.51. The lowest BCUT2D eigenvalue weighted by Crippen LogP contribution is -2.39. The van der Waals surface area contributed by atoms with Crippen LogP contribution in [0.4, 0.5) is 11.4 Å². The van der Waals surface area contributed by atoms with Crippen LogP contribution in [-0.2, 0) is 14.8 Å². The van der Waals surface area contributed by atoms with E-state index in [2.05, 4.69) is 21.2 Å². The fourth-order valence-corrected chi connectivity index (χ4v) is 3.53. The average molecular weight is 457 g/mol. The second-order valence-corrected chi connectivity index (χ2v) is 8.76. The van der Waals surface area contributed by atoms with Crippen molar-refractivity contribution in [1.29, 1.82) is 0 Å². The maximum Gasteiger partial charge on any atom is 0.232 e. The summed E-state index contributed by atoms with van der Waals surface area (Å²) >= 11 is 3.30. The topological polar surface area (TPSA) is 95.9 Å². The first-order valence-corrected chi connectivity index (χ1v) is 10.7. The second-order valence-electron chi connectivity index (χ2n) is 5.94. The number of nitrogens with one attached hydrogen (secondary N) is 1. The van der Waals surface area contributed by atoms with Crippen molar-refractivity contribution in [2.24, 2.45) is 0 Å². The lowest BCUT2D eigenvalue weighted by atomic mass is 10.3. The molecule has 2 rings (SSSR count). The number of hydrogen-bond acceptors (Lipinski definition) is 5. The van der Waals surface area contributed by atoms with Gasteiger partial charge < -0.3 is 15.2 Å². The molecule has 0 unspecified atom stereocenters. The van der Waals surface area contributed by atoms with E-state index in [1.807, 2.05) is 0 Å². The van der Waals surface area contributed by atoms with Crippen molar-refractivity contribution in [3.05, 3.63) is 53.0 Å². The molecule has 0 aliphatic carbocycles. The van der Waals surface area contributed by atoms with Crippen LogP contribution in [0.1, 0.15) is 6.92 Å². The van der Waals surface area contributed by atoms with Gasteiger partial charge in [0.1, 0.15) is 18.5 Å². The van der Waals surface area contributed by atoms with E-state index in [9.17, 15) is 18.3 Å². The van der Waals surface area contributed by atoms with Gasteiger partial charge >= 0.3 is 0 Å². The number of anilines is 2.